The molecule has 2 saturated heterocycles. The smallest absolute Gasteiger partial charge is 0.273 e. The lowest BCUT2D eigenvalue weighted by Crippen LogP contribution is -2.58. The Morgan fingerprint density at radius 3 is 2.65 bits per heavy atom. The van der Waals surface area contributed by atoms with E-state index in [9.17, 15) is 15.2 Å². The van der Waals surface area contributed by atoms with Crippen molar-refractivity contribution in [1.29, 1.82) is 5.26 Å². The van der Waals surface area contributed by atoms with Gasteiger partial charge in [-0.05, 0) is 62.5 Å². The number of hydrogen-bond donors (Lipinski definition) is 3. The first kappa shape index (κ1) is 30.3. The third-order valence-corrected chi connectivity index (χ3v) is 8.28. The van der Waals surface area contributed by atoms with Crippen LogP contribution in [0.5, 0.6) is 0 Å². The molecule has 1 aromatic carbocycles. The van der Waals surface area contributed by atoms with Crippen LogP contribution in [-0.4, -0.2) is 88.2 Å². The molecular formula is C28H38Cl2N8O2. The average Bonchev–Trinajstić information content (AvgIpc) is 2.94. The van der Waals surface area contributed by atoms with E-state index in [0.29, 0.717) is 29.3 Å². The summed E-state index contributed by atoms with van der Waals surface area (Å²) in [6, 6.07) is 8.93. The van der Waals surface area contributed by atoms with Crippen LogP contribution >= 0.6 is 23.2 Å². The van der Waals surface area contributed by atoms with E-state index in [-0.39, 0.29) is 23.2 Å². The number of likely N-dealkylation sites (tertiary alicyclic amines) is 1. The minimum atomic E-state index is -0.687. The second-order valence-corrected chi connectivity index (χ2v) is 11.4. The van der Waals surface area contributed by atoms with Gasteiger partial charge in [0.1, 0.15) is 0 Å². The lowest BCUT2D eigenvalue weighted by molar-refractivity contribution is 0.0610. The van der Waals surface area contributed by atoms with Crippen LogP contribution in [-0.2, 0) is 13.0 Å². The van der Waals surface area contributed by atoms with Crippen molar-refractivity contribution in [2.24, 2.45) is 0 Å². The highest BCUT2D eigenvalue weighted by Gasteiger charge is 2.34. The number of rotatable bonds is 9. The lowest BCUT2D eigenvalue weighted by Gasteiger charge is -2.47. The minimum Gasteiger partial charge on any atom is -0.392 e. The number of nitriles is 1. The topological polar surface area (TPSA) is 135 Å². The molecule has 0 bridgehead atoms. The van der Waals surface area contributed by atoms with Gasteiger partial charge in [-0.2, -0.15) is 5.26 Å². The number of aromatic nitrogens is 2. The van der Waals surface area contributed by atoms with Crippen LogP contribution in [0.25, 0.3) is 0 Å². The monoisotopic (exact) mass is 588 g/mol. The van der Waals surface area contributed by atoms with E-state index >= 15 is 0 Å². The highest BCUT2D eigenvalue weighted by molar-refractivity contribution is 6.32. The minimum absolute atomic E-state index is 0.0176. The zero-order valence-electron chi connectivity index (χ0n) is 23.1. The summed E-state index contributed by atoms with van der Waals surface area (Å²) in [6.45, 7) is 9.06. The molecule has 0 radical (unpaired) electrons. The van der Waals surface area contributed by atoms with Gasteiger partial charge in [0.25, 0.3) is 5.91 Å². The molecule has 2 aliphatic rings. The summed E-state index contributed by atoms with van der Waals surface area (Å²) in [6.07, 6.45) is 2.84. The van der Waals surface area contributed by atoms with Gasteiger partial charge in [0, 0.05) is 49.8 Å². The number of nitrogens with two attached hydrogens (primary N) is 1. The number of nitrogen functional groups attached to an aromatic ring is 1. The van der Waals surface area contributed by atoms with Crippen LogP contribution < -0.4 is 16.0 Å². The van der Waals surface area contributed by atoms with Crippen molar-refractivity contribution in [2.45, 2.75) is 64.3 Å². The van der Waals surface area contributed by atoms with Crippen molar-refractivity contribution in [3.63, 3.8) is 0 Å². The van der Waals surface area contributed by atoms with E-state index in [1.165, 1.54) is 5.56 Å². The Bertz CT molecular complexity index is 1230. The molecule has 0 unspecified atom stereocenters. The number of anilines is 2. The Morgan fingerprint density at radius 1 is 1.23 bits per heavy atom. The van der Waals surface area contributed by atoms with Crippen LogP contribution in [0.2, 0.25) is 10.2 Å². The molecule has 1 amide bonds. The Hall–Kier alpha value is -2.68. The number of aliphatic hydroxyl groups excluding tert-OH is 1. The van der Waals surface area contributed by atoms with Crippen molar-refractivity contribution >= 4 is 40.7 Å². The standard InChI is InChI=1S/C28H38Cl2N8O2/c1-3-22-17-37(27-25(30)34-24(26(32)35-27)28(40)33-15-18(2)39)12-13-38(22)23-7-10-36(11-8-23)16-20-4-5-21(29)14-19(20)6-9-31/h4-5,14,18,22-23,39H,3,6-8,10-13,15-17H2,1-2H3,(H2,32,35)(H,33,40)/t18-,22+/m1/s1. The fourth-order valence-electron chi connectivity index (χ4n) is 5.67. The van der Waals surface area contributed by atoms with Crippen molar-refractivity contribution in [2.75, 3.05) is 49.9 Å². The van der Waals surface area contributed by atoms with E-state index in [1.807, 2.05) is 18.2 Å². The second-order valence-electron chi connectivity index (χ2n) is 10.6. The molecule has 3 heterocycles. The van der Waals surface area contributed by atoms with Gasteiger partial charge in [0.15, 0.2) is 22.5 Å². The fraction of sp³-hybridized carbons (Fsp3) is 0.571. The van der Waals surface area contributed by atoms with Gasteiger partial charge < -0.3 is 21.1 Å². The molecule has 0 spiro atoms. The normalized spacial score (nSPS) is 19.8. The van der Waals surface area contributed by atoms with Gasteiger partial charge in [-0.1, -0.05) is 36.2 Å². The molecule has 10 nitrogen and oxygen atoms in total. The second kappa shape index (κ2) is 13.8. The number of hydrogen-bond acceptors (Lipinski definition) is 9. The SMILES string of the molecule is CC[C@H]1CN(c2nc(N)c(C(=O)NC[C@@H](C)O)nc2Cl)CCN1C1CCN(Cc2ccc(Cl)cc2CC#N)CC1. The first-order chi connectivity index (χ1) is 19.2. The zero-order valence-corrected chi connectivity index (χ0v) is 24.6. The van der Waals surface area contributed by atoms with Gasteiger partial charge in [-0.3, -0.25) is 14.6 Å². The molecule has 2 atom stereocenters. The van der Waals surface area contributed by atoms with Gasteiger partial charge in [0.2, 0.25) is 0 Å². The van der Waals surface area contributed by atoms with E-state index in [2.05, 4.69) is 43.0 Å². The summed E-state index contributed by atoms with van der Waals surface area (Å²) in [5.41, 5.74) is 8.24. The molecule has 2 aromatic rings. The molecule has 12 heteroatoms. The van der Waals surface area contributed by atoms with Crippen molar-refractivity contribution < 1.29 is 9.90 Å². The maximum atomic E-state index is 12.4. The van der Waals surface area contributed by atoms with Crippen molar-refractivity contribution in [3.8, 4) is 6.07 Å². The largest absolute Gasteiger partial charge is 0.392 e. The first-order valence-electron chi connectivity index (χ1n) is 13.9. The van der Waals surface area contributed by atoms with Crippen LogP contribution in [0.4, 0.5) is 11.6 Å². The predicted octanol–water partition coefficient (Wildman–Crippen LogP) is 3.11. The van der Waals surface area contributed by atoms with E-state index in [4.69, 9.17) is 28.9 Å². The number of nitrogens with one attached hydrogen (secondary N) is 1. The Morgan fingerprint density at radius 2 is 1.98 bits per heavy atom. The molecule has 0 saturated carbocycles. The number of aliphatic hydroxyl groups is 1. The first-order valence-corrected chi connectivity index (χ1v) is 14.6. The number of nitrogens with zero attached hydrogens (tertiary/aromatic N) is 6. The summed E-state index contributed by atoms with van der Waals surface area (Å²) >= 11 is 12.7. The molecule has 2 fully saturated rings. The lowest BCUT2D eigenvalue weighted by atomic mass is 9.97. The van der Waals surface area contributed by atoms with E-state index < -0.39 is 12.0 Å². The number of amides is 1. The third kappa shape index (κ3) is 7.33. The van der Waals surface area contributed by atoms with E-state index in [1.54, 1.807) is 6.92 Å². The molecule has 216 valence electrons. The number of benzene rings is 1. The molecule has 2 aliphatic heterocycles. The van der Waals surface area contributed by atoms with Gasteiger partial charge in [0.05, 0.1) is 18.6 Å². The van der Waals surface area contributed by atoms with E-state index in [0.717, 1.165) is 64.1 Å². The number of piperazine rings is 1. The summed E-state index contributed by atoms with van der Waals surface area (Å²) in [5.74, 6) is -0.00134. The molecule has 4 rings (SSSR count). The summed E-state index contributed by atoms with van der Waals surface area (Å²) in [7, 11) is 0. The molecule has 1 aromatic heterocycles. The molecule has 4 N–H and O–H groups in total. The Balaban J connectivity index is 1.36. The predicted molar refractivity (Wildman–Crippen MR) is 158 cm³/mol. The van der Waals surface area contributed by atoms with Crippen LogP contribution in [0.15, 0.2) is 18.2 Å². The number of carbonyl (C=O) groups excluding carboxylic acids is 1. The maximum absolute atomic E-state index is 12.4. The van der Waals surface area contributed by atoms with Crippen molar-refractivity contribution in [1.82, 2.24) is 25.1 Å². The van der Waals surface area contributed by atoms with Gasteiger partial charge in [-0.15, -0.1) is 0 Å². The maximum Gasteiger partial charge on any atom is 0.273 e. The number of halogens is 2. The molecule has 40 heavy (non-hydrogen) atoms. The molecular weight excluding hydrogens is 551 g/mol. The van der Waals surface area contributed by atoms with Crippen LogP contribution in [0, 0.1) is 11.3 Å². The third-order valence-electron chi connectivity index (χ3n) is 7.79. The quantitative estimate of drug-likeness (QED) is 0.403. The summed E-state index contributed by atoms with van der Waals surface area (Å²) < 4.78 is 0. The zero-order chi connectivity index (χ0) is 28.8. The number of piperidine rings is 1. The molecule has 0 aliphatic carbocycles. The summed E-state index contributed by atoms with van der Waals surface area (Å²) in [5, 5.41) is 22.0. The van der Waals surface area contributed by atoms with Crippen LogP contribution in [0.1, 0.15) is 54.7 Å². The highest BCUT2D eigenvalue weighted by Crippen LogP contribution is 2.30. The van der Waals surface area contributed by atoms with Gasteiger partial charge in [-0.25, -0.2) is 9.97 Å². The Labute approximate surface area is 246 Å². The van der Waals surface area contributed by atoms with Gasteiger partial charge >= 0.3 is 0 Å². The fourth-order valence-corrected chi connectivity index (χ4v) is 6.11. The summed E-state index contributed by atoms with van der Waals surface area (Å²) in [4.78, 5) is 28.3. The van der Waals surface area contributed by atoms with Crippen molar-refractivity contribution in [3.05, 3.63) is 45.2 Å². The highest BCUT2D eigenvalue weighted by atomic mass is 35.5. The Kier molecular flexibility index (Phi) is 10.4. The number of carbonyl (C=O) groups is 1. The average molecular weight is 590 g/mol. The van der Waals surface area contributed by atoms with Crippen LogP contribution in [0.3, 0.4) is 0 Å².